The molecule has 0 bridgehead atoms. The number of hydrogen-bond acceptors (Lipinski definition) is 5. The highest BCUT2D eigenvalue weighted by atomic mass is 35.5. The molecule has 0 unspecified atom stereocenters. The largest absolute Gasteiger partial charge is 0.338 e. The van der Waals surface area contributed by atoms with Gasteiger partial charge in [0.15, 0.2) is 0 Å². The molecule has 0 aliphatic heterocycles. The Hall–Kier alpha value is -1.48. The zero-order chi connectivity index (χ0) is 14.8. The number of nitrogens with zero attached hydrogens (tertiary/aromatic N) is 3. The van der Waals surface area contributed by atoms with Crippen LogP contribution in [0.5, 0.6) is 0 Å². The minimum atomic E-state index is -3.53. The Morgan fingerprint density at radius 3 is 2.70 bits per heavy atom. The van der Waals surface area contributed by atoms with Gasteiger partial charge >= 0.3 is 0 Å². The summed E-state index contributed by atoms with van der Waals surface area (Å²) in [5, 5.41) is 4.27. The lowest BCUT2D eigenvalue weighted by Gasteiger charge is -2.10. The summed E-state index contributed by atoms with van der Waals surface area (Å²) in [6.07, 6.45) is 0. The van der Waals surface area contributed by atoms with E-state index >= 15 is 0 Å². The van der Waals surface area contributed by atoms with Gasteiger partial charge < -0.3 is 4.52 Å². The van der Waals surface area contributed by atoms with Crippen molar-refractivity contribution in [2.24, 2.45) is 0 Å². The van der Waals surface area contributed by atoms with Gasteiger partial charge in [-0.05, 0) is 12.1 Å². The molecule has 1 aromatic carbocycles. The minimum absolute atomic E-state index is 0.0854. The maximum atomic E-state index is 11.5. The summed E-state index contributed by atoms with van der Waals surface area (Å²) in [5.41, 5.74) is 0.625. The van der Waals surface area contributed by atoms with Gasteiger partial charge in [-0.2, -0.15) is 22.4 Å². The number of halogens is 1. The SMILES string of the molecule is CN(C)S(=O)(=O)NCc1nc(-c2ccccc2Cl)no1. The monoisotopic (exact) mass is 316 g/mol. The second-order valence-corrected chi connectivity index (χ2v) is 6.48. The van der Waals surface area contributed by atoms with Crippen LogP contribution in [-0.2, 0) is 16.8 Å². The predicted molar refractivity (Wildman–Crippen MR) is 74.2 cm³/mol. The molecular weight excluding hydrogens is 304 g/mol. The van der Waals surface area contributed by atoms with Crippen LogP contribution in [0.25, 0.3) is 11.4 Å². The normalized spacial score (nSPS) is 12.0. The van der Waals surface area contributed by atoms with Crippen molar-refractivity contribution in [1.82, 2.24) is 19.2 Å². The zero-order valence-corrected chi connectivity index (χ0v) is 12.4. The van der Waals surface area contributed by atoms with Gasteiger partial charge in [0.1, 0.15) is 0 Å². The van der Waals surface area contributed by atoms with Crippen LogP contribution in [0.15, 0.2) is 28.8 Å². The average Bonchev–Trinajstić information content (AvgIpc) is 2.85. The Morgan fingerprint density at radius 2 is 2.05 bits per heavy atom. The van der Waals surface area contributed by atoms with Crippen LogP contribution in [-0.4, -0.2) is 37.0 Å². The van der Waals surface area contributed by atoms with Gasteiger partial charge in [0.2, 0.25) is 11.7 Å². The number of aromatic nitrogens is 2. The third-order valence-electron chi connectivity index (χ3n) is 2.47. The molecule has 0 saturated heterocycles. The summed E-state index contributed by atoms with van der Waals surface area (Å²) < 4.78 is 31.4. The summed E-state index contributed by atoms with van der Waals surface area (Å²) in [5.74, 6) is 0.472. The lowest BCUT2D eigenvalue weighted by molar-refractivity contribution is 0.374. The van der Waals surface area contributed by atoms with Crippen LogP contribution in [0.1, 0.15) is 5.89 Å². The number of benzene rings is 1. The van der Waals surface area contributed by atoms with Crippen LogP contribution in [0.3, 0.4) is 0 Å². The van der Waals surface area contributed by atoms with E-state index in [0.717, 1.165) is 4.31 Å². The van der Waals surface area contributed by atoms with Gasteiger partial charge in [-0.3, -0.25) is 0 Å². The molecule has 2 rings (SSSR count). The van der Waals surface area contributed by atoms with Crippen LogP contribution < -0.4 is 4.72 Å². The van der Waals surface area contributed by atoms with Crippen molar-refractivity contribution in [2.75, 3.05) is 14.1 Å². The first-order chi connectivity index (χ1) is 9.40. The van der Waals surface area contributed by atoms with E-state index in [2.05, 4.69) is 14.9 Å². The molecule has 20 heavy (non-hydrogen) atoms. The summed E-state index contributed by atoms with van der Waals surface area (Å²) >= 11 is 6.02. The summed E-state index contributed by atoms with van der Waals surface area (Å²) in [6.45, 7) is -0.0854. The Morgan fingerprint density at radius 1 is 1.35 bits per heavy atom. The molecule has 0 atom stereocenters. The lowest BCUT2D eigenvalue weighted by atomic mass is 10.2. The maximum Gasteiger partial charge on any atom is 0.279 e. The fraction of sp³-hybridized carbons (Fsp3) is 0.273. The third-order valence-corrected chi connectivity index (χ3v) is 4.27. The molecule has 0 amide bonds. The summed E-state index contributed by atoms with van der Waals surface area (Å²) in [6, 6.07) is 7.05. The molecule has 2 aromatic rings. The highest BCUT2D eigenvalue weighted by Crippen LogP contribution is 2.24. The highest BCUT2D eigenvalue weighted by molar-refractivity contribution is 7.87. The highest BCUT2D eigenvalue weighted by Gasteiger charge is 2.16. The van der Waals surface area contributed by atoms with Crippen molar-refractivity contribution in [3.63, 3.8) is 0 Å². The smallest absolute Gasteiger partial charge is 0.279 e. The van der Waals surface area contributed by atoms with Crippen molar-refractivity contribution < 1.29 is 12.9 Å². The van der Waals surface area contributed by atoms with Crippen LogP contribution in [0.2, 0.25) is 5.02 Å². The van der Waals surface area contributed by atoms with Gasteiger partial charge in [-0.25, -0.2) is 0 Å². The van der Waals surface area contributed by atoms with Crippen molar-refractivity contribution in [2.45, 2.75) is 6.54 Å². The Balaban J connectivity index is 2.13. The quantitative estimate of drug-likeness (QED) is 0.898. The van der Waals surface area contributed by atoms with Gasteiger partial charge in [0, 0.05) is 19.7 Å². The van der Waals surface area contributed by atoms with Gasteiger partial charge in [-0.15, -0.1) is 0 Å². The second kappa shape index (κ2) is 5.88. The molecule has 0 spiro atoms. The molecule has 0 radical (unpaired) electrons. The minimum Gasteiger partial charge on any atom is -0.338 e. The molecule has 1 aromatic heterocycles. The van der Waals surface area contributed by atoms with E-state index in [1.807, 2.05) is 0 Å². The van der Waals surface area contributed by atoms with Crippen molar-refractivity contribution in [3.05, 3.63) is 35.2 Å². The molecule has 1 N–H and O–H groups in total. The molecule has 0 aliphatic rings. The second-order valence-electron chi connectivity index (χ2n) is 4.10. The van der Waals surface area contributed by atoms with Crippen molar-refractivity contribution >= 4 is 21.8 Å². The Labute approximate surface area is 121 Å². The molecule has 0 fully saturated rings. The fourth-order valence-corrected chi connectivity index (χ4v) is 2.14. The van der Waals surface area contributed by atoms with E-state index in [-0.39, 0.29) is 12.4 Å². The third kappa shape index (κ3) is 3.34. The molecule has 7 nitrogen and oxygen atoms in total. The van der Waals surface area contributed by atoms with E-state index in [1.165, 1.54) is 14.1 Å². The number of nitrogens with one attached hydrogen (secondary N) is 1. The van der Waals surface area contributed by atoms with Crippen LogP contribution in [0.4, 0.5) is 0 Å². The molecule has 0 saturated carbocycles. The van der Waals surface area contributed by atoms with E-state index in [1.54, 1.807) is 24.3 Å². The first-order valence-corrected chi connectivity index (χ1v) is 7.46. The first-order valence-electron chi connectivity index (χ1n) is 5.65. The van der Waals surface area contributed by atoms with Gasteiger partial charge in [0.25, 0.3) is 10.2 Å². The van der Waals surface area contributed by atoms with E-state index < -0.39 is 10.2 Å². The van der Waals surface area contributed by atoms with E-state index in [4.69, 9.17) is 16.1 Å². The summed E-state index contributed by atoms with van der Waals surface area (Å²) in [7, 11) is -0.687. The van der Waals surface area contributed by atoms with E-state index in [0.29, 0.717) is 16.4 Å². The standard InChI is InChI=1S/C11H13ClN4O3S/c1-16(2)20(17,18)13-7-10-14-11(15-19-10)8-5-3-4-6-9(8)12/h3-6,13H,7H2,1-2H3. The van der Waals surface area contributed by atoms with Crippen LogP contribution in [0, 0.1) is 0 Å². The Kier molecular flexibility index (Phi) is 4.39. The number of rotatable bonds is 5. The van der Waals surface area contributed by atoms with Crippen molar-refractivity contribution in [1.29, 1.82) is 0 Å². The van der Waals surface area contributed by atoms with Gasteiger partial charge in [0.05, 0.1) is 11.6 Å². The zero-order valence-electron chi connectivity index (χ0n) is 10.9. The topological polar surface area (TPSA) is 88.3 Å². The molecular formula is C11H13ClN4O3S. The summed E-state index contributed by atoms with van der Waals surface area (Å²) in [4.78, 5) is 4.10. The first kappa shape index (κ1) is 14.9. The predicted octanol–water partition coefficient (Wildman–Crippen LogP) is 1.29. The Bertz CT molecular complexity index is 699. The molecule has 1 heterocycles. The van der Waals surface area contributed by atoms with Crippen LogP contribution >= 0.6 is 11.6 Å². The average molecular weight is 317 g/mol. The fourth-order valence-electron chi connectivity index (χ4n) is 1.36. The van der Waals surface area contributed by atoms with Gasteiger partial charge in [-0.1, -0.05) is 28.9 Å². The van der Waals surface area contributed by atoms with E-state index in [9.17, 15) is 8.42 Å². The molecule has 0 aliphatic carbocycles. The number of hydrogen-bond donors (Lipinski definition) is 1. The maximum absolute atomic E-state index is 11.5. The van der Waals surface area contributed by atoms with Crippen molar-refractivity contribution in [3.8, 4) is 11.4 Å². The molecule has 9 heteroatoms. The lowest BCUT2D eigenvalue weighted by Crippen LogP contribution is -2.35. The molecule has 108 valence electrons.